The molecule has 5 heteroatoms. The fourth-order valence-corrected chi connectivity index (χ4v) is 3.30. The largest absolute Gasteiger partial charge is 0.463 e. The summed E-state index contributed by atoms with van der Waals surface area (Å²) in [4.78, 5) is 17.7. The first-order valence-corrected chi connectivity index (χ1v) is 8.39. The minimum atomic E-state index is 0.0482. The molecule has 0 radical (unpaired) electrons. The third kappa shape index (κ3) is 3.87. The molecule has 4 nitrogen and oxygen atoms in total. The number of carbonyl (C=O) groups excluding carboxylic acids is 1. The summed E-state index contributed by atoms with van der Waals surface area (Å²) >= 11 is 1.70. The molecule has 0 aromatic carbocycles. The topological polar surface area (TPSA) is 55.1 Å². The highest BCUT2D eigenvalue weighted by atomic mass is 32.1. The lowest BCUT2D eigenvalue weighted by molar-refractivity contribution is -0.121. The minimum absolute atomic E-state index is 0.0482. The van der Waals surface area contributed by atoms with E-state index >= 15 is 0 Å². The lowest BCUT2D eigenvalue weighted by Crippen LogP contribution is -2.23. The Morgan fingerprint density at radius 1 is 1.30 bits per heavy atom. The van der Waals surface area contributed by atoms with Crippen LogP contribution < -0.4 is 5.32 Å². The molecule has 0 unspecified atom stereocenters. The third-order valence-electron chi connectivity index (χ3n) is 3.67. The molecule has 23 heavy (non-hydrogen) atoms. The number of hydrogen-bond acceptors (Lipinski definition) is 4. The van der Waals surface area contributed by atoms with E-state index in [1.54, 1.807) is 23.8 Å². The Morgan fingerprint density at radius 2 is 2.22 bits per heavy atom. The van der Waals surface area contributed by atoms with Crippen LogP contribution in [0.15, 0.2) is 52.6 Å². The SMILES string of the molecule is Cc1ccsc1CCC(=O)NCc1cccnc1-c1ccco1. The second kappa shape index (κ2) is 7.24. The molecular weight excluding hydrogens is 308 g/mol. The van der Waals surface area contributed by atoms with Gasteiger partial charge in [-0.05, 0) is 48.6 Å². The molecule has 0 aliphatic carbocycles. The molecule has 0 saturated heterocycles. The van der Waals surface area contributed by atoms with Crippen molar-refractivity contribution in [1.29, 1.82) is 0 Å². The second-order valence-corrected chi connectivity index (χ2v) is 6.29. The summed E-state index contributed by atoms with van der Waals surface area (Å²) in [5, 5.41) is 5.03. The van der Waals surface area contributed by atoms with Crippen molar-refractivity contribution in [2.24, 2.45) is 0 Å². The molecule has 0 saturated carbocycles. The molecule has 1 amide bonds. The van der Waals surface area contributed by atoms with Crippen LogP contribution in [-0.2, 0) is 17.8 Å². The van der Waals surface area contributed by atoms with E-state index < -0.39 is 0 Å². The summed E-state index contributed by atoms with van der Waals surface area (Å²) in [6.07, 6.45) is 4.63. The number of thiophene rings is 1. The first kappa shape index (κ1) is 15.5. The van der Waals surface area contributed by atoms with Crippen LogP contribution in [0.4, 0.5) is 0 Å². The zero-order chi connectivity index (χ0) is 16.1. The van der Waals surface area contributed by atoms with E-state index in [1.807, 2.05) is 24.3 Å². The molecule has 0 fully saturated rings. The van der Waals surface area contributed by atoms with Crippen molar-refractivity contribution < 1.29 is 9.21 Å². The average Bonchev–Trinajstić information content (AvgIpc) is 3.23. The Morgan fingerprint density at radius 3 is 2.96 bits per heavy atom. The van der Waals surface area contributed by atoms with E-state index in [0.717, 1.165) is 17.7 Å². The van der Waals surface area contributed by atoms with E-state index in [0.29, 0.717) is 18.7 Å². The van der Waals surface area contributed by atoms with Crippen LogP contribution in [0, 0.1) is 6.92 Å². The maximum atomic E-state index is 12.1. The van der Waals surface area contributed by atoms with Crippen molar-refractivity contribution in [2.45, 2.75) is 26.3 Å². The van der Waals surface area contributed by atoms with Crippen LogP contribution in [0.3, 0.4) is 0 Å². The number of pyridine rings is 1. The molecule has 3 rings (SSSR count). The summed E-state index contributed by atoms with van der Waals surface area (Å²) in [6.45, 7) is 2.53. The number of nitrogens with zero attached hydrogens (tertiary/aromatic N) is 1. The lowest BCUT2D eigenvalue weighted by Gasteiger charge is -2.08. The smallest absolute Gasteiger partial charge is 0.220 e. The lowest BCUT2D eigenvalue weighted by atomic mass is 10.1. The minimum Gasteiger partial charge on any atom is -0.463 e. The van der Waals surface area contributed by atoms with Gasteiger partial charge in [0.2, 0.25) is 5.91 Å². The van der Waals surface area contributed by atoms with E-state index in [1.165, 1.54) is 10.4 Å². The van der Waals surface area contributed by atoms with Gasteiger partial charge in [-0.1, -0.05) is 6.07 Å². The normalized spacial score (nSPS) is 10.7. The Kier molecular flexibility index (Phi) is 4.88. The van der Waals surface area contributed by atoms with Crippen LogP contribution in [0.25, 0.3) is 11.5 Å². The third-order valence-corrected chi connectivity index (χ3v) is 4.75. The van der Waals surface area contributed by atoms with Crippen molar-refractivity contribution in [1.82, 2.24) is 10.3 Å². The molecule has 0 aliphatic heterocycles. The van der Waals surface area contributed by atoms with Gasteiger partial charge in [-0.15, -0.1) is 11.3 Å². The van der Waals surface area contributed by atoms with Gasteiger partial charge in [-0.3, -0.25) is 9.78 Å². The number of aryl methyl sites for hydroxylation is 2. The molecule has 0 atom stereocenters. The Bertz CT molecular complexity index is 778. The van der Waals surface area contributed by atoms with Crippen LogP contribution >= 0.6 is 11.3 Å². The van der Waals surface area contributed by atoms with Crippen molar-refractivity contribution in [3.8, 4) is 11.5 Å². The molecule has 0 spiro atoms. The molecule has 0 aliphatic rings. The standard InChI is InChI=1S/C18H18N2O2S/c1-13-8-11-23-16(13)6-7-17(21)20-12-14-4-2-9-19-18(14)15-5-3-10-22-15/h2-5,8-11H,6-7,12H2,1H3,(H,20,21). The summed E-state index contributed by atoms with van der Waals surface area (Å²) in [6, 6.07) is 9.60. The first-order chi connectivity index (χ1) is 11.2. The van der Waals surface area contributed by atoms with Gasteiger partial charge >= 0.3 is 0 Å². The number of hydrogen-bond donors (Lipinski definition) is 1. The molecular formula is C18H18N2O2S. The predicted octanol–water partition coefficient (Wildman–Crippen LogP) is 3.96. The van der Waals surface area contributed by atoms with E-state index in [4.69, 9.17) is 4.42 Å². The number of carbonyl (C=O) groups is 1. The number of aromatic nitrogens is 1. The zero-order valence-electron chi connectivity index (χ0n) is 12.9. The number of amides is 1. The second-order valence-electron chi connectivity index (χ2n) is 5.29. The van der Waals surface area contributed by atoms with Crippen molar-refractivity contribution in [3.63, 3.8) is 0 Å². The van der Waals surface area contributed by atoms with E-state index in [9.17, 15) is 4.79 Å². The van der Waals surface area contributed by atoms with E-state index in [-0.39, 0.29) is 5.91 Å². The van der Waals surface area contributed by atoms with Gasteiger partial charge < -0.3 is 9.73 Å². The molecule has 1 N–H and O–H groups in total. The Labute approximate surface area is 139 Å². The highest BCUT2D eigenvalue weighted by Crippen LogP contribution is 2.21. The Balaban J connectivity index is 1.58. The summed E-state index contributed by atoms with van der Waals surface area (Å²) < 4.78 is 5.40. The maximum absolute atomic E-state index is 12.1. The first-order valence-electron chi connectivity index (χ1n) is 7.51. The van der Waals surface area contributed by atoms with Gasteiger partial charge in [0.25, 0.3) is 0 Å². The quantitative estimate of drug-likeness (QED) is 0.746. The van der Waals surface area contributed by atoms with Gasteiger partial charge in [-0.25, -0.2) is 0 Å². The Hall–Kier alpha value is -2.40. The fourth-order valence-electron chi connectivity index (χ4n) is 2.39. The number of rotatable bonds is 6. The maximum Gasteiger partial charge on any atom is 0.220 e. The van der Waals surface area contributed by atoms with Gasteiger partial charge in [-0.2, -0.15) is 0 Å². The van der Waals surface area contributed by atoms with Crippen molar-refractivity contribution in [2.75, 3.05) is 0 Å². The van der Waals surface area contributed by atoms with Gasteiger partial charge in [0, 0.05) is 29.6 Å². The predicted molar refractivity (Wildman–Crippen MR) is 91.2 cm³/mol. The summed E-state index contributed by atoms with van der Waals surface area (Å²) in [7, 11) is 0. The zero-order valence-corrected chi connectivity index (χ0v) is 13.7. The monoisotopic (exact) mass is 326 g/mol. The highest BCUT2D eigenvalue weighted by Gasteiger charge is 2.10. The summed E-state index contributed by atoms with van der Waals surface area (Å²) in [5.74, 6) is 0.760. The average molecular weight is 326 g/mol. The molecule has 3 heterocycles. The van der Waals surface area contributed by atoms with E-state index in [2.05, 4.69) is 28.7 Å². The number of furan rings is 1. The van der Waals surface area contributed by atoms with Gasteiger partial charge in [0.1, 0.15) is 5.69 Å². The van der Waals surface area contributed by atoms with Crippen LogP contribution in [0.5, 0.6) is 0 Å². The van der Waals surface area contributed by atoms with Gasteiger partial charge in [0.05, 0.1) is 6.26 Å². The van der Waals surface area contributed by atoms with Crippen LogP contribution in [0.1, 0.15) is 22.4 Å². The summed E-state index contributed by atoms with van der Waals surface area (Å²) in [5.41, 5.74) is 2.98. The van der Waals surface area contributed by atoms with Crippen molar-refractivity contribution in [3.05, 3.63) is 64.2 Å². The number of nitrogens with one attached hydrogen (secondary N) is 1. The highest BCUT2D eigenvalue weighted by molar-refractivity contribution is 7.10. The molecule has 118 valence electrons. The molecule has 3 aromatic heterocycles. The van der Waals surface area contributed by atoms with Crippen LogP contribution in [-0.4, -0.2) is 10.9 Å². The van der Waals surface area contributed by atoms with Crippen LogP contribution in [0.2, 0.25) is 0 Å². The molecule has 0 bridgehead atoms. The van der Waals surface area contributed by atoms with Crippen molar-refractivity contribution >= 4 is 17.2 Å². The van der Waals surface area contributed by atoms with Gasteiger partial charge in [0.15, 0.2) is 5.76 Å². The fraction of sp³-hybridized carbons (Fsp3) is 0.222. The molecule has 3 aromatic rings.